The Labute approximate surface area is 246 Å². The molecule has 4 bridgehead atoms. The third-order valence-electron chi connectivity index (χ3n) is 10.3. The quantitative estimate of drug-likeness (QED) is 0.353. The van der Waals surface area contributed by atoms with Crippen LogP contribution < -0.4 is 11.3 Å². The monoisotopic (exact) mass is 577 g/mol. The highest BCUT2D eigenvalue weighted by molar-refractivity contribution is 6.41. The third kappa shape index (κ3) is 5.45. The molecule has 4 aliphatic rings. The molecular weight excluding hydrogens is 534 g/mol. The molecule has 2 aromatic rings. The molecule has 10 nitrogen and oxygen atoms in total. The zero-order valence-corrected chi connectivity index (χ0v) is 24.7. The lowest BCUT2D eigenvalue weighted by molar-refractivity contribution is -0.134. The zero-order valence-electron chi connectivity index (χ0n) is 24.7. The Morgan fingerprint density at radius 3 is 2.21 bits per heavy atom. The minimum absolute atomic E-state index is 0.0798. The van der Waals surface area contributed by atoms with Crippen LogP contribution in [-0.2, 0) is 14.4 Å². The van der Waals surface area contributed by atoms with Gasteiger partial charge in [-0.25, -0.2) is 9.78 Å². The van der Waals surface area contributed by atoms with Crippen LogP contribution in [0.1, 0.15) is 96.2 Å². The zero-order chi connectivity index (χ0) is 29.5. The number of nitrogens with zero attached hydrogens (tertiary/aromatic N) is 4. The van der Waals surface area contributed by atoms with Crippen molar-refractivity contribution in [3.05, 3.63) is 40.3 Å². The number of amides is 1. The first-order valence-electron chi connectivity index (χ1n) is 15.8. The Morgan fingerprint density at radius 2 is 1.60 bits per heavy atom. The highest BCUT2D eigenvalue weighted by Gasteiger charge is 2.45. The standard InChI is InChI=1S/C32H43N5O5/c1-18(2)29(30(33)38)42-35-28(32(40)41)27-31(39)37(26-12-4-3-11-25(26)34-27)24-16-21-9-6-10-22(17-24)36(21)23-14-19-7-5-8-20(13-19)15-23/h3-4,11-12,18-24,29H,5-10,13-17H2,1-2H3,(H2,33,38)(H,40,41)/b35-28-/t19-,20+,21-,22+,23?,24?,29?. The topological polar surface area (TPSA) is 140 Å². The number of fused-ring (bicyclic) bond motifs is 5. The van der Waals surface area contributed by atoms with Crippen molar-refractivity contribution < 1.29 is 19.5 Å². The van der Waals surface area contributed by atoms with Gasteiger partial charge in [-0.1, -0.05) is 56.8 Å². The average Bonchev–Trinajstić information content (AvgIpc) is 2.94. The lowest BCUT2D eigenvalue weighted by atomic mass is 9.68. The van der Waals surface area contributed by atoms with Gasteiger partial charge in [0.25, 0.3) is 11.5 Å². The lowest BCUT2D eigenvalue weighted by Crippen LogP contribution is -2.58. The van der Waals surface area contributed by atoms with Gasteiger partial charge >= 0.3 is 5.97 Å². The number of carboxylic acids is 1. The number of primary amides is 1. The molecule has 1 aromatic carbocycles. The van der Waals surface area contributed by atoms with Crippen molar-refractivity contribution in [2.24, 2.45) is 28.6 Å². The van der Waals surface area contributed by atoms with Gasteiger partial charge < -0.3 is 20.2 Å². The summed E-state index contributed by atoms with van der Waals surface area (Å²) in [5.41, 5.74) is 5.23. The number of rotatable bonds is 8. The van der Waals surface area contributed by atoms with Gasteiger partial charge in [0.15, 0.2) is 5.69 Å². The lowest BCUT2D eigenvalue weighted by Gasteiger charge is -2.55. The molecule has 42 heavy (non-hydrogen) atoms. The minimum Gasteiger partial charge on any atom is -0.476 e. The van der Waals surface area contributed by atoms with Gasteiger partial charge in [-0.3, -0.25) is 14.5 Å². The molecule has 3 N–H and O–H groups in total. The van der Waals surface area contributed by atoms with Crippen molar-refractivity contribution in [2.45, 2.75) is 115 Å². The predicted molar refractivity (Wildman–Crippen MR) is 159 cm³/mol. The van der Waals surface area contributed by atoms with E-state index >= 15 is 0 Å². The van der Waals surface area contributed by atoms with Crippen LogP contribution in [0.4, 0.5) is 0 Å². The summed E-state index contributed by atoms with van der Waals surface area (Å²) >= 11 is 0. The molecule has 3 unspecified atom stereocenters. The number of nitrogens with two attached hydrogens (primary N) is 1. The van der Waals surface area contributed by atoms with Crippen LogP contribution in [0, 0.1) is 17.8 Å². The fourth-order valence-corrected chi connectivity index (χ4v) is 8.60. The number of carbonyl (C=O) groups is 2. The molecule has 3 heterocycles. The predicted octanol–water partition coefficient (Wildman–Crippen LogP) is 4.24. The van der Waals surface area contributed by atoms with Gasteiger partial charge in [0, 0.05) is 30.1 Å². The Balaban J connectivity index is 1.36. The number of aliphatic carboxylic acids is 1. The maximum Gasteiger partial charge on any atom is 0.360 e. The van der Waals surface area contributed by atoms with E-state index < -0.39 is 29.3 Å². The van der Waals surface area contributed by atoms with E-state index in [1.54, 1.807) is 24.5 Å². The summed E-state index contributed by atoms with van der Waals surface area (Å²) in [5.74, 6) is -0.840. The van der Waals surface area contributed by atoms with Crippen LogP contribution in [0.3, 0.4) is 0 Å². The van der Waals surface area contributed by atoms with Crippen LogP contribution in [0.5, 0.6) is 0 Å². The van der Waals surface area contributed by atoms with E-state index in [9.17, 15) is 19.5 Å². The molecule has 1 aromatic heterocycles. The number of piperidine rings is 2. The second-order valence-corrected chi connectivity index (χ2v) is 13.4. The molecule has 2 saturated carbocycles. The highest BCUT2D eigenvalue weighted by Crippen LogP contribution is 2.47. The summed E-state index contributed by atoms with van der Waals surface area (Å²) in [6.45, 7) is 3.44. The maximum atomic E-state index is 14.2. The van der Waals surface area contributed by atoms with Crippen molar-refractivity contribution in [3.63, 3.8) is 0 Å². The molecule has 2 aliphatic carbocycles. The first-order chi connectivity index (χ1) is 20.2. The Kier molecular flexibility index (Phi) is 8.09. The third-order valence-corrected chi connectivity index (χ3v) is 10.3. The van der Waals surface area contributed by atoms with Crippen molar-refractivity contribution in [1.82, 2.24) is 14.5 Å². The van der Waals surface area contributed by atoms with Crippen LogP contribution >= 0.6 is 0 Å². The first-order valence-corrected chi connectivity index (χ1v) is 15.8. The normalized spacial score (nSPS) is 30.7. The molecule has 7 atom stereocenters. The molecule has 2 aliphatic heterocycles. The molecule has 226 valence electrons. The van der Waals surface area contributed by atoms with E-state index in [1.807, 2.05) is 18.2 Å². The van der Waals surface area contributed by atoms with Crippen molar-refractivity contribution in [1.29, 1.82) is 0 Å². The molecule has 4 fully saturated rings. The van der Waals surface area contributed by atoms with Gasteiger partial charge in [-0.2, -0.15) is 0 Å². The van der Waals surface area contributed by atoms with Gasteiger partial charge in [-0.15, -0.1) is 0 Å². The fraction of sp³-hybridized carbons (Fsp3) is 0.656. The van der Waals surface area contributed by atoms with Crippen LogP contribution in [0.2, 0.25) is 0 Å². The molecule has 6 rings (SSSR count). The highest BCUT2D eigenvalue weighted by atomic mass is 16.6. The van der Waals surface area contributed by atoms with E-state index in [2.05, 4.69) is 15.0 Å². The minimum atomic E-state index is -1.46. The molecule has 1 amide bonds. The average molecular weight is 578 g/mol. The summed E-state index contributed by atoms with van der Waals surface area (Å²) in [6.07, 6.45) is 12.2. The summed E-state index contributed by atoms with van der Waals surface area (Å²) in [6, 6.07) is 8.74. The number of hydrogen-bond donors (Lipinski definition) is 2. The Morgan fingerprint density at radius 1 is 0.952 bits per heavy atom. The number of hydrogen-bond acceptors (Lipinski definition) is 7. The summed E-state index contributed by atoms with van der Waals surface area (Å²) in [5, 5.41) is 13.9. The number of para-hydroxylation sites is 2. The Bertz CT molecular complexity index is 1410. The molecule has 0 spiro atoms. The van der Waals surface area contributed by atoms with E-state index in [4.69, 9.17) is 10.6 Å². The first kappa shape index (κ1) is 28.8. The van der Waals surface area contributed by atoms with E-state index in [0.29, 0.717) is 29.2 Å². The summed E-state index contributed by atoms with van der Waals surface area (Å²) in [7, 11) is 0. The van der Waals surface area contributed by atoms with Gasteiger partial charge in [0.05, 0.1) is 11.0 Å². The number of oxime groups is 1. The van der Waals surface area contributed by atoms with Crippen molar-refractivity contribution in [3.8, 4) is 0 Å². The second-order valence-electron chi connectivity index (χ2n) is 13.4. The van der Waals surface area contributed by atoms with E-state index in [1.165, 1.54) is 44.9 Å². The van der Waals surface area contributed by atoms with Crippen LogP contribution in [-0.4, -0.2) is 61.4 Å². The van der Waals surface area contributed by atoms with Crippen LogP contribution in [0.25, 0.3) is 11.0 Å². The van der Waals surface area contributed by atoms with Gasteiger partial charge in [0.2, 0.25) is 11.8 Å². The van der Waals surface area contributed by atoms with E-state index in [0.717, 1.165) is 37.5 Å². The number of carboxylic acid groups (broad SMARTS) is 1. The summed E-state index contributed by atoms with van der Waals surface area (Å²) < 4.78 is 1.77. The largest absolute Gasteiger partial charge is 0.476 e. The molecule has 10 heteroatoms. The van der Waals surface area contributed by atoms with Gasteiger partial charge in [-0.05, 0) is 68.9 Å². The second kappa shape index (κ2) is 11.8. The fourth-order valence-electron chi connectivity index (χ4n) is 8.60. The van der Waals surface area contributed by atoms with Crippen LogP contribution in [0.15, 0.2) is 34.2 Å². The number of benzene rings is 1. The molecule has 2 saturated heterocycles. The SMILES string of the molecule is CC(C)C(O/N=C(\C(=O)O)c1nc2ccccc2n(C2C[C@H]3CCC[C@@H](C2)N3C2C[C@H]3CCC[C@@H](C2)C3)c1=O)C(N)=O. The molecular formula is C32H43N5O5. The maximum absolute atomic E-state index is 14.2. The van der Waals surface area contributed by atoms with Crippen molar-refractivity contribution in [2.75, 3.05) is 0 Å². The van der Waals surface area contributed by atoms with E-state index in [-0.39, 0.29) is 17.7 Å². The van der Waals surface area contributed by atoms with Gasteiger partial charge in [0.1, 0.15) is 0 Å². The number of aromatic nitrogens is 2. The Hall–Kier alpha value is -3.27. The van der Waals surface area contributed by atoms with Crippen molar-refractivity contribution >= 4 is 28.6 Å². The number of carbonyl (C=O) groups excluding carboxylic acids is 1. The molecule has 0 radical (unpaired) electrons. The smallest absolute Gasteiger partial charge is 0.360 e. The summed E-state index contributed by atoms with van der Waals surface area (Å²) in [4.78, 5) is 51.0.